The standard InChI is InChI=1S/C25H32ClN7O3S/c1-16-14-33-23(28-24(16)31-11-9-27-17(2)15-31)13-21(29-33)22-6-4-5-10-32(22)25(34)19-12-18(26)7-8-20(19)30-37(3,35)36/h7-8,12-14,17,22,27,30H,4-6,9-11,15H2,1-3H3. The number of aryl methyl sites for hydroxylation is 1. The van der Waals surface area contributed by atoms with E-state index in [0.717, 1.165) is 67.9 Å². The van der Waals surface area contributed by atoms with Gasteiger partial charge in [-0.1, -0.05) is 11.6 Å². The number of halogens is 1. The van der Waals surface area contributed by atoms with Crippen molar-refractivity contribution in [3.8, 4) is 0 Å². The number of amides is 1. The second-order valence-electron chi connectivity index (χ2n) is 9.99. The van der Waals surface area contributed by atoms with Crippen molar-refractivity contribution in [3.63, 3.8) is 0 Å². The zero-order valence-corrected chi connectivity index (χ0v) is 22.8. The zero-order valence-electron chi connectivity index (χ0n) is 21.2. The van der Waals surface area contributed by atoms with Gasteiger partial charge in [0.05, 0.1) is 29.2 Å². The molecule has 0 saturated carbocycles. The smallest absolute Gasteiger partial charge is 0.256 e. The van der Waals surface area contributed by atoms with Gasteiger partial charge in [-0.2, -0.15) is 5.10 Å². The molecular formula is C25H32ClN7O3S. The van der Waals surface area contributed by atoms with Gasteiger partial charge in [-0.15, -0.1) is 0 Å². The van der Waals surface area contributed by atoms with Crippen LogP contribution in [0.3, 0.4) is 0 Å². The first-order valence-corrected chi connectivity index (χ1v) is 14.8. The van der Waals surface area contributed by atoms with Crippen molar-refractivity contribution in [2.24, 2.45) is 0 Å². The molecule has 3 aromatic rings. The van der Waals surface area contributed by atoms with Gasteiger partial charge in [-0.3, -0.25) is 9.52 Å². The Hall–Kier alpha value is -2.89. The molecule has 2 unspecified atom stereocenters. The van der Waals surface area contributed by atoms with Crippen LogP contribution in [-0.2, 0) is 10.0 Å². The van der Waals surface area contributed by atoms with Crippen molar-refractivity contribution in [1.29, 1.82) is 0 Å². The molecule has 2 aromatic heterocycles. The number of sulfonamides is 1. The summed E-state index contributed by atoms with van der Waals surface area (Å²) in [6, 6.07) is 6.69. The Kier molecular flexibility index (Phi) is 7.03. The molecule has 0 aliphatic carbocycles. The number of nitrogens with zero attached hydrogens (tertiary/aromatic N) is 5. The Morgan fingerprint density at radius 1 is 1.22 bits per heavy atom. The minimum Gasteiger partial charge on any atom is -0.353 e. The number of piperidine rings is 1. The van der Waals surface area contributed by atoms with E-state index in [1.165, 1.54) is 12.1 Å². The molecule has 2 aliphatic rings. The molecule has 0 radical (unpaired) electrons. The number of fused-ring (bicyclic) bond motifs is 1. The van der Waals surface area contributed by atoms with Gasteiger partial charge in [0.2, 0.25) is 10.0 Å². The van der Waals surface area contributed by atoms with Gasteiger partial charge in [-0.05, 0) is 51.3 Å². The van der Waals surface area contributed by atoms with E-state index in [9.17, 15) is 13.2 Å². The lowest BCUT2D eigenvalue weighted by atomic mass is 9.98. The van der Waals surface area contributed by atoms with E-state index in [0.29, 0.717) is 17.6 Å². The molecule has 12 heteroatoms. The molecule has 4 heterocycles. The molecule has 10 nitrogen and oxygen atoms in total. The minimum atomic E-state index is -3.58. The molecule has 1 aromatic carbocycles. The second kappa shape index (κ2) is 10.1. The number of anilines is 2. The first-order valence-electron chi connectivity index (χ1n) is 12.5. The van der Waals surface area contributed by atoms with Gasteiger partial charge in [-0.25, -0.2) is 17.9 Å². The van der Waals surface area contributed by atoms with E-state index in [1.807, 2.05) is 19.2 Å². The van der Waals surface area contributed by atoms with Crippen molar-refractivity contribution in [2.75, 3.05) is 42.1 Å². The Morgan fingerprint density at radius 2 is 2.03 bits per heavy atom. The lowest BCUT2D eigenvalue weighted by molar-refractivity contribution is 0.0607. The number of carbonyl (C=O) groups is 1. The van der Waals surface area contributed by atoms with E-state index in [-0.39, 0.29) is 23.2 Å². The number of benzene rings is 1. The molecular weight excluding hydrogens is 514 g/mol. The largest absolute Gasteiger partial charge is 0.353 e. The molecule has 2 atom stereocenters. The predicted octanol–water partition coefficient (Wildman–Crippen LogP) is 3.23. The summed E-state index contributed by atoms with van der Waals surface area (Å²) in [5.74, 6) is 0.675. The zero-order chi connectivity index (χ0) is 26.3. The average molecular weight is 546 g/mol. The van der Waals surface area contributed by atoms with Crippen LogP contribution in [0.4, 0.5) is 11.5 Å². The van der Waals surface area contributed by atoms with Crippen molar-refractivity contribution in [1.82, 2.24) is 24.8 Å². The van der Waals surface area contributed by atoms with Crippen LogP contribution in [0.2, 0.25) is 5.02 Å². The number of nitrogens with one attached hydrogen (secondary N) is 2. The first-order chi connectivity index (χ1) is 17.6. The molecule has 198 valence electrons. The van der Waals surface area contributed by atoms with Gasteiger partial charge in [0.1, 0.15) is 5.82 Å². The highest BCUT2D eigenvalue weighted by molar-refractivity contribution is 7.92. The van der Waals surface area contributed by atoms with Gasteiger partial charge in [0.25, 0.3) is 5.91 Å². The fourth-order valence-electron chi connectivity index (χ4n) is 5.25. The molecule has 2 N–H and O–H groups in total. The molecule has 1 amide bonds. The third kappa shape index (κ3) is 5.53. The summed E-state index contributed by atoms with van der Waals surface area (Å²) in [5, 5.41) is 8.64. The Balaban J connectivity index is 1.48. The fourth-order valence-corrected chi connectivity index (χ4v) is 6.00. The molecule has 2 saturated heterocycles. The van der Waals surface area contributed by atoms with Crippen LogP contribution < -0.4 is 14.9 Å². The summed E-state index contributed by atoms with van der Waals surface area (Å²) < 4.78 is 28.1. The fraction of sp³-hybridized carbons (Fsp3) is 0.480. The van der Waals surface area contributed by atoms with Crippen LogP contribution in [0.1, 0.15) is 53.8 Å². The quantitative estimate of drug-likeness (QED) is 0.506. The van der Waals surface area contributed by atoms with Crippen LogP contribution in [0.15, 0.2) is 30.5 Å². The number of rotatable bonds is 5. The summed E-state index contributed by atoms with van der Waals surface area (Å²) in [7, 11) is -3.58. The van der Waals surface area contributed by atoms with Gasteiger partial charge in [0, 0.05) is 55.1 Å². The SMILES string of the molecule is Cc1cn2nc(C3CCCCN3C(=O)c3cc(Cl)ccc3NS(C)(=O)=O)cc2nc1N1CCNC(C)C1. The van der Waals surface area contributed by atoms with Gasteiger partial charge in [0.15, 0.2) is 5.65 Å². The summed E-state index contributed by atoms with van der Waals surface area (Å²) in [6.07, 6.45) is 5.62. The van der Waals surface area contributed by atoms with Gasteiger partial charge < -0.3 is 15.1 Å². The van der Waals surface area contributed by atoms with Crippen LogP contribution in [0.5, 0.6) is 0 Å². The number of aromatic nitrogens is 3. The maximum absolute atomic E-state index is 13.8. The van der Waals surface area contributed by atoms with E-state index >= 15 is 0 Å². The Labute approximate surface area is 222 Å². The predicted molar refractivity (Wildman–Crippen MR) is 145 cm³/mol. The Bertz CT molecular complexity index is 1440. The van der Waals surface area contributed by atoms with Crippen molar-refractivity contribution in [2.45, 2.75) is 45.2 Å². The van der Waals surface area contributed by atoms with E-state index in [1.54, 1.807) is 15.5 Å². The topological polar surface area (TPSA) is 112 Å². The van der Waals surface area contributed by atoms with Gasteiger partial charge >= 0.3 is 0 Å². The van der Waals surface area contributed by atoms with E-state index in [4.69, 9.17) is 21.7 Å². The van der Waals surface area contributed by atoms with Crippen molar-refractivity contribution < 1.29 is 13.2 Å². The number of hydrogen-bond acceptors (Lipinski definition) is 7. The molecule has 37 heavy (non-hydrogen) atoms. The monoisotopic (exact) mass is 545 g/mol. The van der Waals surface area contributed by atoms with Crippen molar-refractivity contribution in [3.05, 3.63) is 52.3 Å². The van der Waals surface area contributed by atoms with Crippen molar-refractivity contribution >= 4 is 44.7 Å². The normalized spacial score (nSPS) is 20.9. The number of piperazine rings is 1. The highest BCUT2D eigenvalue weighted by Crippen LogP contribution is 2.34. The highest BCUT2D eigenvalue weighted by Gasteiger charge is 2.32. The highest BCUT2D eigenvalue weighted by atomic mass is 35.5. The summed E-state index contributed by atoms with van der Waals surface area (Å²) in [4.78, 5) is 22.8. The van der Waals surface area contributed by atoms with E-state index < -0.39 is 10.0 Å². The lowest BCUT2D eigenvalue weighted by Gasteiger charge is -2.35. The lowest BCUT2D eigenvalue weighted by Crippen LogP contribution is -2.49. The van der Waals surface area contributed by atoms with Crippen LogP contribution in [-0.4, -0.2) is 72.3 Å². The minimum absolute atomic E-state index is 0.211. The second-order valence-corrected chi connectivity index (χ2v) is 12.2. The number of hydrogen-bond donors (Lipinski definition) is 2. The summed E-state index contributed by atoms with van der Waals surface area (Å²) in [5.41, 5.74) is 2.98. The van der Waals surface area contributed by atoms with Crippen LogP contribution in [0.25, 0.3) is 5.65 Å². The molecule has 0 spiro atoms. The molecule has 0 bridgehead atoms. The summed E-state index contributed by atoms with van der Waals surface area (Å²) >= 11 is 6.20. The molecule has 2 aliphatic heterocycles. The Morgan fingerprint density at radius 3 is 2.78 bits per heavy atom. The van der Waals surface area contributed by atoms with Crippen LogP contribution in [0, 0.1) is 6.92 Å². The summed E-state index contributed by atoms with van der Waals surface area (Å²) in [6.45, 7) is 7.45. The first kappa shape index (κ1) is 25.7. The van der Waals surface area contributed by atoms with Crippen LogP contribution >= 0.6 is 11.6 Å². The molecule has 2 fully saturated rings. The number of carbonyl (C=O) groups excluding carboxylic acids is 1. The third-order valence-corrected chi connectivity index (χ3v) is 7.73. The van der Waals surface area contributed by atoms with E-state index in [2.05, 4.69) is 21.9 Å². The third-order valence-electron chi connectivity index (χ3n) is 6.90. The number of likely N-dealkylation sites (tertiary alicyclic amines) is 1. The molecule has 5 rings (SSSR count). The maximum Gasteiger partial charge on any atom is 0.256 e. The maximum atomic E-state index is 13.8. The average Bonchev–Trinajstić information content (AvgIpc) is 3.26.